The normalized spacial score (nSPS) is 11.3. The second kappa shape index (κ2) is 5.75. The van der Waals surface area contributed by atoms with Gasteiger partial charge in [-0.05, 0) is 31.0 Å². The molecule has 0 spiro atoms. The quantitative estimate of drug-likeness (QED) is 0.928. The van der Waals surface area contributed by atoms with Crippen molar-refractivity contribution in [2.75, 3.05) is 6.54 Å². The average molecular weight is 282 g/mol. The molecule has 2 aromatic rings. The molecule has 0 radical (unpaired) electrons. The van der Waals surface area contributed by atoms with E-state index in [4.69, 9.17) is 5.73 Å². The molecule has 1 heterocycles. The topological polar surface area (TPSA) is 38.9 Å². The molecule has 0 aliphatic rings. The second-order valence-electron chi connectivity index (χ2n) is 4.62. The van der Waals surface area contributed by atoms with Crippen molar-refractivity contribution in [3.63, 3.8) is 0 Å². The first-order valence-electron chi connectivity index (χ1n) is 6.18. The fourth-order valence-electron chi connectivity index (χ4n) is 1.93. The van der Waals surface area contributed by atoms with Gasteiger partial charge < -0.3 is 5.73 Å². The molecule has 2 N–H and O–H groups in total. The minimum atomic E-state index is -0.580. The highest BCUT2D eigenvalue weighted by Gasteiger charge is 2.19. The zero-order valence-electron chi connectivity index (χ0n) is 10.9. The summed E-state index contributed by atoms with van der Waals surface area (Å²) < 4.78 is 27.5. The first-order chi connectivity index (χ1) is 9.04. The van der Waals surface area contributed by atoms with Crippen molar-refractivity contribution in [1.82, 2.24) is 4.98 Å². The Kier molecular flexibility index (Phi) is 4.27. The van der Waals surface area contributed by atoms with Crippen molar-refractivity contribution in [1.29, 1.82) is 0 Å². The Morgan fingerprint density at radius 2 is 1.89 bits per heavy atom. The van der Waals surface area contributed by atoms with Crippen LogP contribution >= 0.6 is 11.3 Å². The third-order valence-electron chi connectivity index (χ3n) is 2.82. The van der Waals surface area contributed by atoms with Gasteiger partial charge in [-0.1, -0.05) is 19.9 Å². The van der Waals surface area contributed by atoms with Crippen LogP contribution in [-0.2, 0) is 6.42 Å². The van der Waals surface area contributed by atoms with Gasteiger partial charge >= 0.3 is 0 Å². The lowest BCUT2D eigenvalue weighted by Crippen LogP contribution is -2.04. The molecule has 0 atom stereocenters. The largest absolute Gasteiger partial charge is 0.330 e. The van der Waals surface area contributed by atoms with Gasteiger partial charge in [0.2, 0.25) is 0 Å². The van der Waals surface area contributed by atoms with Crippen LogP contribution in [0.3, 0.4) is 0 Å². The number of aromatic nitrogens is 1. The number of benzene rings is 1. The van der Waals surface area contributed by atoms with Crippen LogP contribution in [0.25, 0.3) is 10.6 Å². The Morgan fingerprint density at radius 1 is 1.26 bits per heavy atom. The van der Waals surface area contributed by atoms with Gasteiger partial charge in [0.05, 0.1) is 11.3 Å². The van der Waals surface area contributed by atoms with E-state index in [1.807, 2.05) is 13.8 Å². The van der Waals surface area contributed by atoms with Gasteiger partial charge in [-0.2, -0.15) is 0 Å². The van der Waals surface area contributed by atoms with E-state index in [0.717, 1.165) is 10.6 Å². The maximum atomic E-state index is 13.8. The maximum absolute atomic E-state index is 13.8. The Bertz CT molecular complexity index is 559. The summed E-state index contributed by atoms with van der Waals surface area (Å²) in [5, 5.41) is 0.391. The van der Waals surface area contributed by atoms with Crippen LogP contribution in [-0.4, -0.2) is 11.5 Å². The fraction of sp³-hybridized carbons (Fsp3) is 0.357. The van der Waals surface area contributed by atoms with Crippen LogP contribution in [0, 0.1) is 11.6 Å². The predicted octanol–water partition coefficient (Wildman–Crippen LogP) is 3.71. The van der Waals surface area contributed by atoms with Crippen LogP contribution in [0.1, 0.15) is 30.3 Å². The molecule has 0 saturated carbocycles. The van der Waals surface area contributed by atoms with Crippen molar-refractivity contribution in [2.24, 2.45) is 5.73 Å². The van der Waals surface area contributed by atoms with Gasteiger partial charge in [0.15, 0.2) is 0 Å². The van der Waals surface area contributed by atoms with Gasteiger partial charge in [0.1, 0.15) is 16.6 Å². The van der Waals surface area contributed by atoms with Crippen LogP contribution in [0.15, 0.2) is 18.2 Å². The highest BCUT2D eigenvalue weighted by atomic mass is 32.1. The van der Waals surface area contributed by atoms with Crippen LogP contribution in [0.2, 0.25) is 0 Å². The lowest BCUT2D eigenvalue weighted by Gasteiger charge is -2.03. The van der Waals surface area contributed by atoms with Crippen molar-refractivity contribution < 1.29 is 8.78 Å². The minimum absolute atomic E-state index is 0.0438. The third-order valence-corrected chi connectivity index (χ3v) is 3.97. The Balaban J connectivity index is 2.54. The Morgan fingerprint density at radius 3 is 2.42 bits per heavy atom. The summed E-state index contributed by atoms with van der Waals surface area (Å²) in [6.45, 7) is 4.52. The van der Waals surface area contributed by atoms with E-state index >= 15 is 0 Å². The summed E-state index contributed by atoms with van der Waals surface area (Å²) in [6.07, 6.45) is 0.682. The number of nitrogens with zero attached hydrogens (tertiary/aromatic N) is 1. The molecular formula is C14H16F2N2S. The zero-order chi connectivity index (χ0) is 14.0. The number of hydrogen-bond donors (Lipinski definition) is 1. The third kappa shape index (κ3) is 2.82. The molecule has 2 nitrogen and oxygen atoms in total. The van der Waals surface area contributed by atoms with E-state index in [-0.39, 0.29) is 11.5 Å². The highest BCUT2D eigenvalue weighted by molar-refractivity contribution is 7.15. The summed E-state index contributed by atoms with van der Waals surface area (Å²) in [5.41, 5.74) is 6.41. The van der Waals surface area contributed by atoms with E-state index in [1.165, 1.54) is 29.5 Å². The predicted molar refractivity (Wildman–Crippen MR) is 74.3 cm³/mol. The first kappa shape index (κ1) is 14.1. The number of hydrogen-bond acceptors (Lipinski definition) is 3. The first-order valence-corrected chi connectivity index (χ1v) is 7.00. The van der Waals surface area contributed by atoms with Crippen LogP contribution in [0.5, 0.6) is 0 Å². The van der Waals surface area contributed by atoms with Crippen molar-refractivity contribution in [3.8, 4) is 10.6 Å². The summed E-state index contributed by atoms with van der Waals surface area (Å²) in [6, 6.07) is 3.85. The molecule has 0 aliphatic carbocycles. The van der Waals surface area contributed by atoms with Crippen molar-refractivity contribution in [3.05, 3.63) is 40.4 Å². The molecule has 0 saturated heterocycles. The zero-order valence-corrected chi connectivity index (χ0v) is 11.7. The summed E-state index contributed by atoms with van der Waals surface area (Å²) in [5.74, 6) is -0.951. The lowest BCUT2D eigenvalue weighted by atomic mass is 10.1. The molecule has 2 rings (SSSR count). The summed E-state index contributed by atoms with van der Waals surface area (Å²) >= 11 is 1.32. The van der Waals surface area contributed by atoms with Gasteiger partial charge in [-0.25, -0.2) is 13.8 Å². The van der Waals surface area contributed by atoms with Gasteiger partial charge in [-0.15, -0.1) is 11.3 Å². The molecule has 0 aliphatic heterocycles. The molecule has 0 fully saturated rings. The average Bonchev–Trinajstić information content (AvgIpc) is 2.73. The molecular weight excluding hydrogens is 266 g/mol. The van der Waals surface area contributed by atoms with Crippen molar-refractivity contribution >= 4 is 11.3 Å². The van der Waals surface area contributed by atoms with Gasteiger partial charge in [0.25, 0.3) is 0 Å². The van der Waals surface area contributed by atoms with E-state index in [9.17, 15) is 8.78 Å². The standard InChI is InChI=1S/C14H16F2N2S/c1-8(2)13-11(6-7-17)19-14(18-13)12-9(15)4-3-5-10(12)16/h3-5,8H,6-7,17H2,1-2H3. The Hall–Kier alpha value is -1.33. The fourth-order valence-corrected chi connectivity index (χ4v) is 3.21. The number of nitrogens with two attached hydrogens (primary N) is 1. The van der Waals surface area contributed by atoms with Gasteiger partial charge in [-0.3, -0.25) is 0 Å². The van der Waals surface area contributed by atoms with Gasteiger partial charge in [0, 0.05) is 4.88 Å². The SMILES string of the molecule is CC(C)c1nc(-c2c(F)cccc2F)sc1CCN. The summed E-state index contributed by atoms with van der Waals surface area (Å²) in [4.78, 5) is 5.41. The molecule has 5 heteroatoms. The molecule has 0 bridgehead atoms. The molecule has 0 unspecified atom stereocenters. The lowest BCUT2D eigenvalue weighted by molar-refractivity contribution is 0.589. The van der Waals surface area contributed by atoms with E-state index < -0.39 is 11.6 Å². The minimum Gasteiger partial charge on any atom is -0.330 e. The van der Waals surface area contributed by atoms with E-state index in [0.29, 0.717) is 18.0 Å². The smallest absolute Gasteiger partial charge is 0.136 e. The molecule has 1 aromatic carbocycles. The number of rotatable bonds is 4. The van der Waals surface area contributed by atoms with E-state index in [1.54, 1.807) is 0 Å². The van der Waals surface area contributed by atoms with Crippen molar-refractivity contribution in [2.45, 2.75) is 26.2 Å². The van der Waals surface area contributed by atoms with Crippen LogP contribution in [0.4, 0.5) is 8.78 Å². The van der Waals surface area contributed by atoms with E-state index in [2.05, 4.69) is 4.98 Å². The molecule has 1 aromatic heterocycles. The van der Waals surface area contributed by atoms with Crippen LogP contribution < -0.4 is 5.73 Å². The monoisotopic (exact) mass is 282 g/mol. The molecule has 102 valence electrons. The summed E-state index contributed by atoms with van der Waals surface area (Å²) in [7, 11) is 0. The number of thiazole rings is 1. The Labute approximate surface area is 115 Å². The highest BCUT2D eigenvalue weighted by Crippen LogP contribution is 2.34. The number of halogens is 2. The molecule has 0 amide bonds. The maximum Gasteiger partial charge on any atom is 0.136 e. The second-order valence-corrected chi connectivity index (χ2v) is 5.70. The molecule has 19 heavy (non-hydrogen) atoms.